The van der Waals surface area contributed by atoms with Crippen LogP contribution in [0.25, 0.3) is 11.1 Å². The second-order valence-corrected chi connectivity index (χ2v) is 17.8. The van der Waals surface area contributed by atoms with Gasteiger partial charge in [-0.15, -0.1) is 22.8 Å². The van der Waals surface area contributed by atoms with Crippen molar-refractivity contribution in [1.82, 2.24) is 9.97 Å². The number of carbonyl (C=O) groups excluding carboxylic acids is 4. The Morgan fingerprint density at radius 1 is 0.425 bits per heavy atom. The van der Waals surface area contributed by atoms with Gasteiger partial charge in [0.2, 0.25) is 0 Å². The summed E-state index contributed by atoms with van der Waals surface area (Å²) >= 11 is 0. The van der Waals surface area contributed by atoms with Crippen molar-refractivity contribution in [3.63, 3.8) is 0 Å². The van der Waals surface area contributed by atoms with E-state index in [1.165, 1.54) is 28.4 Å². The predicted molar refractivity (Wildman–Crippen MR) is 274 cm³/mol. The third-order valence-electron chi connectivity index (χ3n) is 12.3. The molecule has 4 aromatic rings. The van der Waals surface area contributed by atoms with Gasteiger partial charge in [0.25, 0.3) is 0 Å². The molecule has 4 heterocycles. The summed E-state index contributed by atoms with van der Waals surface area (Å²) in [6.07, 6.45) is 0. The summed E-state index contributed by atoms with van der Waals surface area (Å²) < 4.78 is 40.5. The van der Waals surface area contributed by atoms with E-state index in [0.717, 1.165) is 55.7 Å². The van der Waals surface area contributed by atoms with E-state index in [9.17, 15) is 19.2 Å². The van der Waals surface area contributed by atoms with Gasteiger partial charge in [-0.2, -0.15) is 0 Å². The van der Waals surface area contributed by atoms with Crippen molar-refractivity contribution >= 4 is 46.4 Å². The summed E-state index contributed by atoms with van der Waals surface area (Å²) in [4.78, 5) is 70.5. The largest absolute Gasteiger partial charge is 2.00 e. The molecule has 0 unspecified atom stereocenters. The van der Waals surface area contributed by atoms with Gasteiger partial charge in [0.15, 0.2) is 27.2 Å². The molecule has 73 heavy (non-hydrogen) atoms. The van der Waals surface area contributed by atoms with Gasteiger partial charge in [0.05, 0.1) is 34.0 Å². The van der Waals surface area contributed by atoms with Crippen molar-refractivity contribution in [1.29, 1.82) is 0 Å². The van der Waals surface area contributed by atoms with Gasteiger partial charge in [-0.1, -0.05) is 60.4 Å². The fourth-order valence-electron chi connectivity index (χ4n) is 9.55. The molecule has 0 spiro atoms. The molecule has 0 amide bonds. The average molecular weight is 1050 g/mol. The number of benzene rings is 2. The quantitative estimate of drug-likeness (QED) is 0.0585. The molecule has 2 aliphatic heterocycles. The normalized spacial score (nSPS) is 14.5. The standard InChI is InChI=1S/2C28H34N2O6.Co/c2*1-14-10-15(2)21(16(3)11-14)24(25-17(4)22(19(6)29-25)27(31)35-12-33-8)26-18(5)23(20(7)30-26)28(32)36-13-34-9;/h2*10-11H,12-13H2,1-9H3,(H,29,30,31,32);/q;;+2/p-2. The van der Waals surface area contributed by atoms with Gasteiger partial charge < -0.3 is 47.9 Å². The number of esters is 4. The van der Waals surface area contributed by atoms with Gasteiger partial charge in [0, 0.05) is 39.6 Å². The minimum absolute atomic E-state index is 0. The third kappa shape index (κ3) is 12.5. The Morgan fingerprint density at radius 2 is 0.699 bits per heavy atom. The van der Waals surface area contributed by atoms with Gasteiger partial charge in [-0.3, -0.25) is 9.98 Å². The Labute approximate surface area is 438 Å². The number of aliphatic imine (C=N–C) groups is 2. The van der Waals surface area contributed by atoms with E-state index >= 15 is 0 Å². The zero-order valence-corrected chi connectivity index (χ0v) is 46.2. The van der Waals surface area contributed by atoms with E-state index in [4.69, 9.17) is 57.8 Å². The van der Waals surface area contributed by atoms with E-state index in [2.05, 4.69) is 24.3 Å². The van der Waals surface area contributed by atoms with E-state index in [-0.39, 0.29) is 44.0 Å². The molecule has 17 heteroatoms. The summed E-state index contributed by atoms with van der Waals surface area (Å²) in [7, 11) is 5.83. The summed E-state index contributed by atoms with van der Waals surface area (Å²) in [6, 6.07) is 8.39. The second kappa shape index (κ2) is 25.5. The van der Waals surface area contributed by atoms with Crippen molar-refractivity contribution in [2.24, 2.45) is 9.98 Å². The number of allylic oxidation sites excluding steroid dienone is 2. The number of ether oxygens (including phenoxy) is 8. The molecule has 2 aromatic heterocycles. The zero-order valence-electron chi connectivity index (χ0n) is 45.2. The van der Waals surface area contributed by atoms with Gasteiger partial charge >= 0.3 is 40.7 Å². The summed E-state index contributed by atoms with van der Waals surface area (Å²) in [6.45, 7) is 26.1. The van der Waals surface area contributed by atoms with Crippen LogP contribution in [0.15, 0.2) is 67.9 Å². The minimum Gasteiger partial charge on any atom is -0.660 e. The molecule has 0 bridgehead atoms. The van der Waals surface area contributed by atoms with E-state index in [0.29, 0.717) is 90.1 Å². The SMILES string of the molecule is COCOC(=O)C1=C(C)/C(=C(/c2[n-]c(C)c(C(=O)OCOC)c2C)c2c(C)cc(C)cc2C)N=C1C.COCOC(=O)C1=C(C)/C(=C(/c2[n-]c(C)c(C(=O)OCOC)c2C)c2c(C)cc(C)cc2C)N=C1C.[Co+2]. The summed E-state index contributed by atoms with van der Waals surface area (Å²) in [5, 5.41) is 0. The van der Waals surface area contributed by atoms with Crippen molar-refractivity contribution < 1.29 is 73.9 Å². The molecular weight excluding hydrogens is 980 g/mol. The van der Waals surface area contributed by atoms with Crippen LogP contribution in [0.1, 0.15) is 127 Å². The summed E-state index contributed by atoms with van der Waals surface area (Å²) in [5.41, 5.74) is 18.7. The van der Waals surface area contributed by atoms with Crippen molar-refractivity contribution in [3.05, 3.63) is 147 Å². The van der Waals surface area contributed by atoms with E-state index in [1.807, 2.05) is 69.2 Å². The number of aryl methyl sites for hydroxylation is 8. The number of rotatable bonds is 16. The number of carbonyl (C=O) groups is 4. The molecule has 0 N–H and O–H groups in total. The maximum Gasteiger partial charge on any atom is 2.00 e. The van der Waals surface area contributed by atoms with Crippen LogP contribution >= 0.6 is 0 Å². The minimum atomic E-state index is -0.505. The van der Waals surface area contributed by atoms with E-state index < -0.39 is 23.9 Å². The van der Waals surface area contributed by atoms with E-state index in [1.54, 1.807) is 27.7 Å². The topological polar surface area (TPSA) is 195 Å². The molecule has 2 aliphatic rings. The van der Waals surface area contributed by atoms with Crippen LogP contribution in [-0.2, 0) is 64.3 Å². The molecule has 2 aromatic carbocycles. The fraction of sp³-hybridized carbons (Fsp3) is 0.393. The predicted octanol–water partition coefficient (Wildman–Crippen LogP) is 9.29. The molecule has 391 valence electrons. The van der Waals surface area contributed by atoms with Crippen LogP contribution < -0.4 is 9.97 Å². The molecule has 0 saturated carbocycles. The first-order valence-corrected chi connectivity index (χ1v) is 23.2. The van der Waals surface area contributed by atoms with Crippen LogP contribution in [0.4, 0.5) is 0 Å². The number of methoxy groups -OCH3 is 4. The maximum atomic E-state index is 12.8. The first-order valence-electron chi connectivity index (χ1n) is 23.2. The van der Waals surface area contributed by atoms with Crippen LogP contribution in [0.3, 0.4) is 0 Å². The van der Waals surface area contributed by atoms with Gasteiger partial charge in [-0.05, 0) is 139 Å². The Morgan fingerprint density at radius 3 is 0.973 bits per heavy atom. The fourth-order valence-corrected chi connectivity index (χ4v) is 9.55. The monoisotopic (exact) mass is 1050 g/mol. The van der Waals surface area contributed by atoms with Crippen molar-refractivity contribution in [2.45, 2.75) is 96.9 Å². The van der Waals surface area contributed by atoms with Crippen LogP contribution in [-0.4, -0.2) is 90.9 Å². The molecule has 0 aliphatic carbocycles. The van der Waals surface area contributed by atoms with Gasteiger partial charge in [0.1, 0.15) is 0 Å². The third-order valence-corrected chi connectivity index (χ3v) is 12.3. The molecule has 6 rings (SSSR count). The molecule has 0 atom stereocenters. The Balaban J connectivity index is 0.000000312. The zero-order chi connectivity index (χ0) is 53.5. The number of hydrogen-bond acceptors (Lipinski definition) is 14. The second-order valence-electron chi connectivity index (χ2n) is 17.8. The van der Waals surface area contributed by atoms with Crippen molar-refractivity contribution in [2.75, 3.05) is 55.6 Å². The molecule has 0 saturated heterocycles. The van der Waals surface area contributed by atoms with Crippen LogP contribution in [0, 0.1) is 69.2 Å². The van der Waals surface area contributed by atoms with Crippen molar-refractivity contribution in [3.8, 4) is 0 Å². The maximum absolute atomic E-state index is 12.8. The Bertz CT molecular complexity index is 2780. The van der Waals surface area contributed by atoms with Crippen LogP contribution in [0.5, 0.6) is 0 Å². The smallest absolute Gasteiger partial charge is 0.660 e. The first-order chi connectivity index (χ1) is 34.1. The van der Waals surface area contributed by atoms with Crippen LogP contribution in [0.2, 0.25) is 0 Å². The molecular formula is C56H66CoN4O12. The number of hydrogen-bond donors (Lipinski definition) is 0. The van der Waals surface area contributed by atoms with Gasteiger partial charge in [-0.25, -0.2) is 19.2 Å². The number of nitrogens with zero attached hydrogens (tertiary/aromatic N) is 4. The molecule has 0 fully saturated rings. The summed E-state index contributed by atoms with van der Waals surface area (Å²) in [5.74, 6) is -2.02. The number of aromatic nitrogens is 2. The average Bonchev–Trinajstić information content (AvgIpc) is 3.99. The Kier molecular flexibility index (Phi) is 20.6. The Hall–Kier alpha value is -6.47. The molecule has 16 nitrogen and oxygen atoms in total. The molecule has 1 radical (unpaired) electrons. The first kappa shape index (κ1) is 59.1.